The molecule has 0 saturated carbocycles. The highest BCUT2D eigenvalue weighted by Crippen LogP contribution is 2.26. The van der Waals surface area contributed by atoms with Crippen LogP contribution in [0.5, 0.6) is 0 Å². The van der Waals surface area contributed by atoms with Gasteiger partial charge >= 0.3 is 0 Å². The number of nitrogens with one attached hydrogen (secondary N) is 1. The van der Waals surface area contributed by atoms with Gasteiger partial charge in [0.05, 0.1) is 0 Å². The fraction of sp³-hybridized carbons (Fsp3) is 0.273. The first-order valence-electron chi connectivity index (χ1n) is 10.5. The summed E-state index contributed by atoms with van der Waals surface area (Å²) in [6.45, 7) is 4.45. The third-order valence-corrected chi connectivity index (χ3v) is 6.03. The van der Waals surface area contributed by atoms with Crippen molar-refractivity contribution < 1.29 is 4.79 Å². The summed E-state index contributed by atoms with van der Waals surface area (Å²) in [5.41, 5.74) is 8.23. The number of anilines is 3. The molecule has 1 aliphatic heterocycles. The van der Waals surface area contributed by atoms with E-state index in [1.165, 1.54) is 6.33 Å². The molecule has 0 fully saturated rings. The Morgan fingerprint density at radius 3 is 2.73 bits per heavy atom. The molecule has 5 rings (SSSR count). The first-order chi connectivity index (χ1) is 15.8. The molecule has 4 aromatic rings. The predicted molar refractivity (Wildman–Crippen MR) is 124 cm³/mol. The molecular formula is C22H23N9O2. The molecule has 0 bridgehead atoms. The van der Waals surface area contributed by atoms with Crippen molar-refractivity contribution in [1.29, 1.82) is 0 Å². The number of amides is 1. The summed E-state index contributed by atoms with van der Waals surface area (Å²) in [6.07, 6.45) is 3.85. The van der Waals surface area contributed by atoms with Gasteiger partial charge in [0, 0.05) is 54.6 Å². The Balaban J connectivity index is 1.50. The molecule has 0 atom stereocenters. The Bertz CT molecular complexity index is 1470. The van der Waals surface area contributed by atoms with E-state index in [1.807, 2.05) is 25.1 Å². The second-order valence-electron chi connectivity index (χ2n) is 8.16. The zero-order valence-electron chi connectivity index (χ0n) is 18.5. The highest BCUT2D eigenvalue weighted by Gasteiger charge is 2.19. The molecule has 1 amide bonds. The minimum Gasteiger partial charge on any atom is -0.383 e. The van der Waals surface area contributed by atoms with Gasteiger partial charge < -0.3 is 16.0 Å². The smallest absolute Gasteiger partial charge is 0.275 e. The van der Waals surface area contributed by atoms with E-state index < -0.39 is 0 Å². The lowest BCUT2D eigenvalue weighted by Gasteiger charge is -2.13. The molecule has 3 N–H and O–H groups in total. The molecule has 0 spiro atoms. The summed E-state index contributed by atoms with van der Waals surface area (Å²) in [5, 5.41) is 9.27. The van der Waals surface area contributed by atoms with E-state index in [2.05, 4.69) is 25.4 Å². The first kappa shape index (κ1) is 20.6. The molecule has 168 valence electrons. The first-order valence-corrected chi connectivity index (χ1v) is 10.5. The molecule has 1 aliphatic rings. The van der Waals surface area contributed by atoms with Gasteiger partial charge in [0.15, 0.2) is 5.82 Å². The van der Waals surface area contributed by atoms with E-state index in [9.17, 15) is 9.59 Å². The second-order valence-corrected chi connectivity index (χ2v) is 8.16. The van der Waals surface area contributed by atoms with Crippen molar-refractivity contribution in [3.63, 3.8) is 0 Å². The monoisotopic (exact) mass is 445 g/mol. The van der Waals surface area contributed by atoms with Crippen LogP contribution in [-0.4, -0.2) is 53.7 Å². The molecule has 4 aromatic heterocycles. The fourth-order valence-electron chi connectivity index (χ4n) is 3.85. The van der Waals surface area contributed by atoms with Gasteiger partial charge in [0.1, 0.15) is 30.3 Å². The summed E-state index contributed by atoms with van der Waals surface area (Å²) in [4.78, 5) is 38.5. The molecule has 11 heteroatoms. The lowest BCUT2D eigenvalue weighted by Crippen LogP contribution is -2.29. The Kier molecular flexibility index (Phi) is 4.81. The molecule has 33 heavy (non-hydrogen) atoms. The quantitative estimate of drug-likeness (QED) is 0.482. The Morgan fingerprint density at radius 2 is 1.91 bits per heavy atom. The van der Waals surface area contributed by atoms with Gasteiger partial charge in [-0.25, -0.2) is 9.97 Å². The number of likely N-dealkylation sites (N-methyl/N-ethyl adjacent to an activating group) is 1. The van der Waals surface area contributed by atoms with Crippen molar-refractivity contribution in [2.45, 2.75) is 26.8 Å². The van der Waals surface area contributed by atoms with Crippen molar-refractivity contribution >= 4 is 34.1 Å². The van der Waals surface area contributed by atoms with Crippen LogP contribution in [0.2, 0.25) is 0 Å². The van der Waals surface area contributed by atoms with Crippen LogP contribution >= 0.6 is 0 Å². The molecule has 0 aliphatic carbocycles. The number of carbonyl (C=O) groups excluding carboxylic acids is 1. The highest BCUT2D eigenvalue weighted by atomic mass is 16.2. The van der Waals surface area contributed by atoms with E-state index in [0.717, 1.165) is 23.2 Å². The summed E-state index contributed by atoms with van der Waals surface area (Å²) in [6, 6.07) is 5.66. The van der Waals surface area contributed by atoms with Gasteiger partial charge in [0.2, 0.25) is 5.91 Å². The zero-order valence-corrected chi connectivity index (χ0v) is 18.5. The summed E-state index contributed by atoms with van der Waals surface area (Å²) in [7, 11) is 1.80. The van der Waals surface area contributed by atoms with Gasteiger partial charge in [-0.15, -0.1) is 0 Å². The van der Waals surface area contributed by atoms with Gasteiger partial charge in [-0.3, -0.25) is 18.8 Å². The molecular weight excluding hydrogens is 422 g/mol. The molecule has 0 saturated heterocycles. The average molecular weight is 445 g/mol. The van der Waals surface area contributed by atoms with E-state index >= 15 is 0 Å². The van der Waals surface area contributed by atoms with Crippen LogP contribution in [0, 0.1) is 13.8 Å². The van der Waals surface area contributed by atoms with Crippen molar-refractivity contribution in [2.75, 3.05) is 24.6 Å². The Hall–Kier alpha value is -4.28. The van der Waals surface area contributed by atoms with Crippen molar-refractivity contribution in [2.24, 2.45) is 0 Å². The van der Waals surface area contributed by atoms with Crippen molar-refractivity contribution in [3.05, 3.63) is 58.0 Å². The molecule has 5 heterocycles. The maximum Gasteiger partial charge on any atom is 0.275 e. The van der Waals surface area contributed by atoms with Gasteiger partial charge in [-0.2, -0.15) is 10.1 Å². The zero-order chi connectivity index (χ0) is 23.3. The maximum atomic E-state index is 12.1. The Morgan fingerprint density at radius 1 is 1.09 bits per heavy atom. The van der Waals surface area contributed by atoms with E-state index in [-0.39, 0.29) is 18.0 Å². The van der Waals surface area contributed by atoms with Crippen molar-refractivity contribution in [1.82, 2.24) is 34.2 Å². The number of hydrogen-bond acceptors (Lipinski definition) is 8. The standard InChI is InChI=1S/C22H23N9O2/c1-12-13(2)30(11-25-22(12)33)19-7-14-6-17(24-9-16(14)21(23)27-19)26-18-8-15-4-5-29(3)20(32)10-31(15)28-18/h6-9,11H,4-5,10H2,1-3H3,(H2,23,27)(H,24,26,28). The van der Waals surface area contributed by atoms with Crippen LogP contribution in [0.15, 0.2) is 35.5 Å². The minimum absolute atomic E-state index is 0.0327. The average Bonchev–Trinajstić information content (AvgIpc) is 3.10. The molecule has 0 aromatic carbocycles. The van der Waals surface area contributed by atoms with Crippen LogP contribution in [0.4, 0.5) is 17.5 Å². The minimum atomic E-state index is -0.264. The molecule has 0 radical (unpaired) electrons. The SMILES string of the molecule is Cc1c(C)n(-c2cc3cc(Nc4cc5n(n4)CC(=O)N(C)CC5)ncc3c(N)n2)cnc1=O. The number of hydrogen-bond donors (Lipinski definition) is 2. The molecule has 0 unspecified atom stereocenters. The Labute approximate surface area is 188 Å². The predicted octanol–water partition coefficient (Wildman–Crippen LogP) is 1.33. The number of rotatable bonds is 3. The van der Waals surface area contributed by atoms with Crippen molar-refractivity contribution in [3.8, 4) is 5.82 Å². The lowest BCUT2D eigenvalue weighted by atomic mass is 10.2. The highest BCUT2D eigenvalue weighted by molar-refractivity contribution is 5.93. The summed E-state index contributed by atoms with van der Waals surface area (Å²) < 4.78 is 3.46. The van der Waals surface area contributed by atoms with Gasteiger partial charge in [-0.1, -0.05) is 0 Å². The van der Waals surface area contributed by atoms with Crippen LogP contribution in [0.3, 0.4) is 0 Å². The topological polar surface area (TPSA) is 137 Å². The van der Waals surface area contributed by atoms with Crippen LogP contribution < -0.4 is 16.6 Å². The lowest BCUT2D eigenvalue weighted by molar-refractivity contribution is -0.130. The number of nitrogen functional groups attached to an aromatic ring is 1. The van der Waals surface area contributed by atoms with Crippen LogP contribution in [-0.2, 0) is 17.8 Å². The third-order valence-electron chi connectivity index (χ3n) is 6.03. The van der Waals surface area contributed by atoms with E-state index in [0.29, 0.717) is 40.8 Å². The molecule has 11 nitrogen and oxygen atoms in total. The van der Waals surface area contributed by atoms with Gasteiger partial charge in [0.25, 0.3) is 5.56 Å². The number of aromatic nitrogens is 6. The fourth-order valence-corrected chi connectivity index (χ4v) is 3.85. The second kappa shape index (κ2) is 7.69. The van der Waals surface area contributed by atoms with Crippen LogP contribution in [0.25, 0.3) is 16.6 Å². The van der Waals surface area contributed by atoms with Crippen LogP contribution in [0.1, 0.15) is 17.0 Å². The normalized spacial score (nSPS) is 13.8. The number of nitrogens with zero attached hydrogens (tertiary/aromatic N) is 7. The summed E-state index contributed by atoms with van der Waals surface area (Å²) >= 11 is 0. The number of pyridine rings is 2. The van der Waals surface area contributed by atoms with E-state index in [1.54, 1.807) is 34.3 Å². The number of nitrogens with two attached hydrogens (primary N) is 1. The summed E-state index contributed by atoms with van der Waals surface area (Å²) in [5.74, 6) is 2.12. The van der Waals surface area contributed by atoms with Gasteiger partial charge in [-0.05, 0) is 31.4 Å². The number of fused-ring (bicyclic) bond motifs is 2. The maximum absolute atomic E-state index is 12.1. The largest absolute Gasteiger partial charge is 0.383 e. The number of carbonyl (C=O) groups is 1. The van der Waals surface area contributed by atoms with E-state index in [4.69, 9.17) is 5.73 Å². The third kappa shape index (κ3) is 3.67.